The molecule has 35 heavy (non-hydrogen) atoms. The number of halogens is 3. The molecule has 1 aromatic heterocycles. The maximum Gasteiger partial charge on any atom is 0.293 e. The number of carbonyl (C=O) groups is 4. The minimum absolute atomic E-state index is 0.0322. The highest BCUT2D eigenvalue weighted by molar-refractivity contribution is 6.44. The zero-order valence-corrected chi connectivity index (χ0v) is 19.0. The Balaban J connectivity index is 1.44. The van der Waals surface area contributed by atoms with Gasteiger partial charge < -0.3 is 20.5 Å². The lowest BCUT2D eigenvalue weighted by Gasteiger charge is -2.45. The number of hydrogen-bond acceptors (Lipinski definition) is 4. The molecule has 2 atom stereocenters. The Morgan fingerprint density at radius 3 is 2.34 bits per heavy atom. The van der Waals surface area contributed by atoms with Gasteiger partial charge in [-0.15, -0.1) is 0 Å². The number of aromatic nitrogens is 1. The second-order valence-electron chi connectivity index (χ2n) is 9.55. The van der Waals surface area contributed by atoms with Crippen LogP contribution in [-0.4, -0.2) is 46.6 Å². The summed E-state index contributed by atoms with van der Waals surface area (Å²) in [5.41, 5.74) is -0.397. The standard InChI is InChI=1S/C24H23F3N4O4/c1-11-17(19(32)21(34)30-23(22(35)28-2)9-24(26,27)10-23)16-8-12-7-15(12)31(16)18(11)20(33)29-14-5-3-13(25)4-6-14/h3-6,12,15H,7-10H2,1-2H3,(H,28,35)(H,29,33)(H,30,34)/t12-,15-/m1/s1. The largest absolute Gasteiger partial charge is 0.357 e. The second kappa shape index (κ2) is 7.69. The van der Waals surface area contributed by atoms with Crippen LogP contribution in [0.1, 0.15) is 57.4 Å². The summed E-state index contributed by atoms with van der Waals surface area (Å²) < 4.78 is 42.2. The Hall–Kier alpha value is -3.63. The van der Waals surface area contributed by atoms with E-state index < -0.39 is 53.6 Å². The number of nitrogens with zero attached hydrogens (tertiary/aromatic N) is 1. The van der Waals surface area contributed by atoms with E-state index in [1.165, 1.54) is 31.3 Å². The van der Waals surface area contributed by atoms with Crippen LogP contribution in [0.5, 0.6) is 0 Å². The molecule has 0 radical (unpaired) electrons. The topological polar surface area (TPSA) is 109 Å². The van der Waals surface area contributed by atoms with E-state index in [9.17, 15) is 32.3 Å². The maximum absolute atomic E-state index is 13.6. The van der Waals surface area contributed by atoms with Crippen LogP contribution in [0.2, 0.25) is 0 Å². The summed E-state index contributed by atoms with van der Waals surface area (Å²) in [6.07, 6.45) is -0.461. The van der Waals surface area contributed by atoms with Crippen molar-refractivity contribution in [2.45, 2.75) is 50.1 Å². The average Bonchev–Trinajstić information content (AvgIpc) is 3.36. The molecule has 5 rings (SSSR count). The summed E-state index contributed by atoms with van der Waals surface area (Å²) in [5, 5.41) is 7.18. The quantitative estimate of drug-likeness (QED) is 0.429. The lowest BCUT2D eigenvalue weighted by atomic mass is 9.72. The molecule has 8 nitrogen and oxygen atoms in total. The third-order valence-electron chi connectivity index (χ3n) is 7.11. The Kier molecular flexibility index (Phi) is 5.08. The van der Waals surface area contributed by atoms with Crippen LogP contribution in [0.25, 0.3) is 0 Å². The van der Waals surface area contributed by atoms with E-state index in [1.807, 2.05) is 0 Å². The normalized spacial score (nSPS) is 22.3. The summed E-state index contributed by atoms with van der Waals surface area (Å²) in [6.45, 7) is 1.55. The molecule has 11 heteroatoms. The monoisotopic (exact) mass is 488 g/mol. The summed E-state index contributed by atoms with van der Waals surface area (Å²) >= 11 is 0. The number of Topliss-reactive ketones (excluding diaryl/α,β-unsaturated/α-hetero) is 1. The van der Waals surface area contributed by atoms with Gasteiger partial charge in [0, 0.05) is 37.3 Å². The molecule has 1 aliphatic heterocycles. The molecule has 1 aromatic carbocycles. The van der Waals surface area contributed by atoms with Crippen LogP contribution in [0.3, 0.4) is 0 Å². The minimum Gasteiger partial charge on any atom is -0.357 e. The van der Waals surface area contributed by atoms with Gasteiger partial charge in [-0.3, -0.25) is 19.2 Å². The first-order valence-corrected chi connectivity index (χ1v) is 11.2. The summed E-state index contributed by atoms with van der Waals surface area (Å²) in [4.78, 5) is 51.5. The van der Waals surface area contributed by atoms with E-state index in [-0.39, 0.29) is 28.8 Å². The number of carbonyl (C=O) groups excluding carboxylic acids is 4. The second-order valence-corrected chi connectivity index (χ2v) is 9.55. The Bertz CT molecular complexity index is 1280. The van der Waals surface area contributed by atoms with Gasteiger partial charge >= 0.3 is 0 Å². The third-order valence-corrected chi connectivity index (χ3v) is 7.11. The fraction of sp³-hybridized carbons (Fsp3) is 0.417. The first-order chi connectivity index (χ1) is 16.5. The van der Waals surface area contributed by atoms with Crippen molar-refractivity contribution in [3.8, 4) is 0 Å². The van der Waals surface area contributed by atoms with Gasteiger partial charge in [0.2, 0.25) is 5.91 Å². The molecule has 184 valence electrons. The smallest absolute Gasteiger partial charge is 0.293 e. The van der Waals surface area contributed by atoms with Crippen LogP contribution in [0.4, 0.5) is 18.9 Å². The predicted molar refractivity (Wildman–Crippen MR) is 118 cm³/mol. The van der Waals surface area contributed by atoms with E-state index >= 15 is 0 Å². The Morgan fingerprint density at radius 1 is 1.09 bits per heavy atom. The molecule has 2 aromatic rings. The summed E-state index contributed by atoms with van der Waals surface area (Å²) in [7, 11) is 1.26. The molecule has 0 saturated heterocycles. The average molecular weight is 488 g/mol. The van der Waals surface area contributed by atoms with Crippen molar-refractivity contribution < 1.29 is 32.3 Å². The Morgan fingerprint density at radius 2 is 1.74 bits per heavy atom. The molecule has 0 spiro atoms. The van der Waals surface area contributed by atoms with Gasteiger partial charge in [-0.05, 0) is 55.5 Å². The molecule has 2 aliphatic carbocycles. The fourth-order valence-electron chi connectivity index (χ4n) is 5.42. The van der Waals surface area contributed by atoms with Crippen molar-refractivity contribution in [3.05, 3.63) is 52.6 Å². The zero-order valence-electron chi connectivity index (χ0n) is 19.0. The van der Waals surface area contributed by atoms with Crippen molar-refractivity contribution in [1.82, 2.24) is 15.2 Å². The number of anilines is 1. The van der Waals surface area contributed by atoms with Crippen molar-refractivity contribution in [1.29, 1.82) is 0 Å². The molecule has 3 aliphatic rings. The molecule has 2 saturated carbocycles. The molecule has 3 amide bonds. The van der Waals surface area contributed by atoms with Crippen molar-refractivity contribution in [3.63, 3.8) is 0 Å². The van der Waals surface area contributed by atoms with Crippen LogP contribution < -0.4 is 16.0 Å². The zero-order chi connectivity index (χ0) is 25.3. The molecular weight excluding hydrogens is 465 g/mol. The highest BCUT2D eigenvalue weighted by Crippen LogP contribution is 2.54. The molecular formula is C24H23F3N4O4. The van der Waals surface area contributed by atoms with Gasteiger partial charge in [0.25, 0.3) is 23.5 Å². The summed E-state index contributed by atoms with van der Waals surface area (Å²) in [5.74, 6) is -6.80. The van der Waals surface area contributed by atoms with Gasteiger partial charge in [0.15, 0.2) is 0 Å². The number of fused-ring (bicyclic) bond motifs is 3. The van der Waals surface area contributed by atoms with Gasteiger partial charge in [-0.2, -0.15) is 0 Å². The molecule has 0 unspecified atom stereocenters. The highest BCUT2D eigenvalue weighted by atomic mass is 19.3. The van der Waals surface area contributed by atoms with E-state index in [0.29, 0.717) is 17.8 Å². The molecule has 3 N–H and O–H groups in total. The van der Waals surface area contributed by atoms with E-state index in [4.69, 9.17) is 0 Å². The predicted octanol–water partition coefficient (Wildman–Crippen LogP) is 2.52. The van der Waals surface area contributed by atoms with Gasteiger partial charge in [0.05, 0.1) is 5.56 Å². The number of amides is 3. The molecule has 0 bridgehead atoms. The minimum atomic E-state index is -3.12. The number of likely N-dealkylation sites (N-methyl/N-ethyl adjacent to an activating group) is 1. The van der Waals surface area contributed by atoms with Crippen molar-refractivity contribution >= 4 is 29.2 Å². The number of alkyl halides is 2. The van der Waals surface area contributed by atoms with Crippen LogP contribution in [0.15, 0.2) is 24.3 Å². The van der Waals surface area contributed by atoms with Crippen LogP contribution in [-0.2, 0) is 16.0 Å². The van der Waals surface area contributed by atoms with Gasteiger partial charge in [-0.1, -0.05) is 0 Å². The number of hydrogen-bond donors (Lipinski definition) is 3. The Labute approximate surface area is 198 Å². The lowest BCUT2D eigenvalue weighted by molar-refractivity contribution is -0.164. The summed E-state index contributed by atoms with van der Waals surface area (Å²) in [6, 6.07) is 5.25. The number of rotatable bonds is 6. The van der Waals surface area contributed by atoms with Crippen LogP contribution >= 0.6 is 0 Å². The first-order valence-electron chi connectivity index (χ1n) is 11.2. The van der Waals surface area contributed by atoms with E-state index in [2.05, 4.69) is 16.0 Å². The van der Waals surface area contributed by atoms with E-state index in [1.54, 1.807) is 11.5 Å². The van der Waals surface area contributed by atoms with Gasteiger partial charge in [-0.25, -0.2) is 13.2 Å². The maximum atomic E-state index is 13.6. The molecule has 2 heterocycles. The van der Waals surface area contributed by atoms with Crippen molar-refractivity contribution in [2.24, 2.45) is 5.92 Å². The number of ketones is 1. The van der Waals surface area contributed by atoms with Crippen molar-refractivity contribution in [2.75, 3.05) is 12.4 Å². The first kappa shape index (κ1) is 23.1. The fourth-order valence-corrected chi connectivity index (χ4v) is 5.42. The number of benzene rings is 1. The highest BCUT2D eigenvalue weighted by Gasteiger charge is 2.62. The molecule has 2 fully saturated rings. The lowest BCUT2D eigenvalue weighted by Crippen LogP contribution is -2.69. The third kappa shape index (κ3) is 3.69. The van der Waals surface area contributed by atoms with E-state index in [0.717, 1.165) is 6.42 Å². The number of nitrogens with one attached hydrogen (secondary N) is 3. The van der Waals surface area contributed by atoms with Gasteiger partial charge in [0.1, 0.15) is 17.1 Å². The van der Waals surface area contributed by atoms with Crippen LogP contribution in [0, 0.1) is 18.7 Å². The SMILES string of the molecule is CNC(=O)C1(NC(=O)C(=O)c2c(C)c(C(=O)Nc3ccc(F)cc3)n3c2C[C@H]2C[C@H]23)CC(F)(F)C1.